The molecule has 0 bridgehead atoms. The fourth-order valence-electron chi connectivity index (χ4n) is 1.16. The van der Waals surface area contributed by atoms with Gasteiger partial charge in [0.15, 0.2) is 0 Å². The highest BCUT2D eigenvalue weighted by Gasteiger charge is 2.31. The molecule has 0 atom stereocenters. The molecule has 0 heterocycles. The average Bonchev–Trinajstić information content (AvgIpc) is 2.12. The SMILES string of the molecule is N#CCCc1cc(F)cc(C(F)(F)F)c1. The number of benzene rings is 1. The minimum atomic E-state index is -4.55. The maximum absolute atomic E-state index is 12.8. The van der Waals surface area contributed by atoms with Gasteiger partial charge < -0.3 is 0 Å². The molecule has 0 aromatic heterocycles. The van der Waals surface area contributed by atoms with E-state index in [1.807, 2.05) is 0 Å². The predicted octanol–water partition coefficient (Wildman–Crippen LogP) is 3.30. The Balaban J connectivity index is 3.01. The van der Waals surface area contributed by atoms with Crippen molar-refractivity contribution in [3.05, 3.63) is 35.1 Å². The number of aryl methyl sites for hydroxylation is 1. The quantitative estimate of drug-likeness (QED) is 0.697. The molecule has 1 aromatic rings. The summed E-state index contributed by atoms with van der Waals surface area (Å²) in [5.41, 5.74) is -0.834. The number of halogens is 4. The first kappa shape index (κ1) is 11.5. The van der Waals surface area contributed by atoms with E-state index in [9.17, 15) is 17.6 Å². The van der Waals surface area contributed by atoms with E-state index < -0.39 is 17.6 Å². The molecule has 0 unspecified atom stereocenters. The first-order chi connectivity index (χ1) is 6.93. The maximum Gasteiger partial charge on any atom is 0.416 e. The lowest BCUT2D eigenvalue weighted by atomic mass is 10.1. The van der Waals surface area contributed by atoms with Crippen molar-refractivity contribution in [1.82, 2.24) is 0 Å². The first-order valence-corrected chi connectivity index (χ1v) is 4.17. The molecule has 0 fully saturated rings. The topological polar surface area (TPSA) is 23.8 Å². The maximum atomic E-state index is 12.8. The molecule has 0 saturated carbocycles. The van der Waals surface area contributed by atoms with Gasteiger partial charge in [-0.25, -0.2) is 4.39 Å². The van der Waals surface area contributed by atoms with Crippen molar-refractivity contribution in [3.63, 3.8) is 0 Å². The van der Waals surface area contributed by atoms with E-state index in [2.05, 4.69) is 0 Å². The molecule has 0 aliphatic carbocycles. The van der Waals surface area contributed by atoms with Crippen LogP contribution in [0.2, 0.25) is 0 Å². The zero-order valence-electron chi connectivity index (χ0n) is 7.61. The van der Waals surface area contributed by atoms with Gasteiger partial charge >= 0.3 is 6.18 Å². The number of hydrogen-bond donors (Lipinski definition) is 0. The molecule has 0 saturated heterocycles. The number of nitrogens with zero attached hydrogens (tertiary/aromatic N) is 1. The summed E-state index contributed by atoms with van der Waals surface area (Å²) in [6.07, 6.45) is -4.36. The molecular weight excluding hydrogens is 210 g/mol. The minimum Gasteiger partial charge on any atom is -0.207 e. The van der Waals surface area contributed by atoms with Crippen LogP contribution in [0.5, 0.6) is 0 Å². The van der Waals surface area contributed by atoms with Crippen LogP contribution in [0.3, 0.4) is 0 Å². The second kappa shape index (κ2) is 4.30. The molecule has 0 aliphatic heterocycles. The molecule has 5 heteroatoms. The summed E-state index contributed by atoms with van der Waals surface area (Å²) in [6, 6.07) is 4.10. The fraction of sp³-hybridized carbons (Fsp3) is 0.300. The molecule has 0 radical (unpaired) electrons. The summed E-state index contributed by atoms with van der Waals surface area (Å²) in [5.74, 6) is -0.933. The highest BCUT2D eigenvalue weighted by atomic mass is 19.4. The van der Waals surface area contributed by atoms with Crippen LogP contribution in [-0.2, 0) is 12.6 Å². The second-order valence-corrected chi connectivity index (χ2v) is 3.00. The van der Waals surface area contributed by atoms with E-state index in [4.69, 9.17) is 5.26 Å². The Hall–Kier alpha value is -1.57. The lowest BCUT2D eigenvalue weighted by Crippen LogP contribution is -2.06. The smallest absolute Gasteiger partial charge is 0.207 e. The van der Waals surface area contributed by atoms with Crippen molar-refractivity contribution in [2.24, 2.45) is 0 Å². The van der Waals surface area contributed by atoms with Crippen molar-refractivity contribution in [3.8, 4) is 6.07 Å². The Kier molecular flexibility index (Phi) is 3.30. The first-order valence-electron chi connectivity index (χ1n) is 4.17. The molecule has 0 N–H and O–H groups in total. The van der Waals surface area contributed by atoms with Gasteiger partial charge in [-0.15, -0.1) is 0 Å². The molecule has 1 rings (SSSR count). The molecule has 0 aliphatic rings. The Bertz CT molecular complexity index is 389. The van der Waals surface area contributed by atoms with Gasteiger partial charge in [0.1, 0.15) is 5.82 Å². The van der Waals surface area contributed by atoms with Gasteiger partial charge in [0.05, 0.1) is 11.6 Å². The van der Waals surface area contributed by atoms with Crippen LogP contribution < -0.4 is 0 Å². The van der Waals surface area contributed by atoms with Crippen molar-refractivity contribution >= 4 is 0 Å². The monoisotopic (exact) mass is 217 g/mol. The summed E-state index contributed by atoms with van der Waals surface area (Å²) in [6.45, 7) is 0. The predicted molar refractivity (Wildman–Crippen MR) is 45.3 cm³/mol. The largest absolute Gasteiger partial charge is 0.416 e. The second-order valence-electron chi connectivity index (χ2n) is 3.00. The molecule has 0 amide bonds. The van der Waals surface area contributed by atoms with Crippen LogP contribution >= 0.6 is 0 Å². The third-order valence-electron chi connectivity index (χ3n) is 1.81. The van der Waals surface area contributed by atoms with Crippen LogP contribution in [0.25, 0.3) is 0 Å². The fourth-order valence-corrected chi connectivity index (χ4v) is 1.16. The Morgan fingerprint density at radius 3 is 2.40 bits per heavy atom. The summed E-state index contributed by atoms with van der Waals surface area (Å²) < 4.78 is 49.5. The Labute approximate surface area is 83.9 Å². The highest BCUT2D eigenvalue weighted by molar-refractivity contribution is 5.27. The van der Waals surface area contributed by atoms with Gasteiger partial charge in [-0.3, -0.25) is 0 Å². The molecule has 1 aromatic carbocycles. The lowest BCUT2D eigenvalue weighted by molar-refractivity contribution is -0.137. The molecule has 0 spiro atoms. The molecule has 1 nitrogen and oxygen atoms in total. The van der Waals surface area contributed by atoms with Crippen molar-refractivity contribution < 1.29 is 17.6 Å². The van der Waals surface area contributed by atoms with Crippen LogP contribution in [0.15, 0.2) is 18.2 Å². The summed E-state index contributed by atoms with van der Waals surface area (Å²) in [7, 11) is 0. The number of alkyl halides is 3. The summed E-state index contributed by atoms with van der Waals surface area (Å²) >= 11 is 0. The average molecular weight is 217 g/mol. The van der Waals surface area contributed by atoms with Crippen LogP contribution in [0.1, 0.15) is 17.5 Å². The number of hydrogen-bond acceptors (Lipinski definition) is 1. The van der Waals surface area contributed by atoms with Crippen molar-refractivity contribution in [2.75, 3.05) is 0 Å². The summed E-state index contributed by atoms with van der Waals surface area (Å²) in [5, 5.41) is 8.26. The van der Waals surface area contributed by atoms with E-state index in [0.717, 1.165) is 12.1 Å². The lowest BCUT2D eigenvalue weighted by Gasteiger charge is -2.08. The normalized spacial score (nSPS) is 11.1. The zero-order valence-corrected chi connectivity index (χ0v) is 7.61. The molecular formula is C10H7F4N. The highest BCUT2D eigenvalue weighted by Crippen LogP contribution is 2.30. The minimum absolute atomic E-state index is 0.0702. The Morgan fingerprint density at radius 2 is 1.87 bits per heavy atom. The third-order valence-corrected chi connectivity index (χ3v) is 1.81. The van der Waals surface area contributed by atoms with Gasteiger partial charge in [0.2, 0.25) is 0 Å². The van der Waals surface area contributed by atoms with Crippen LogP contribution in [0, 0.1) is 17.1 Å². The van der Waals surface area contributed by atoms with Gasteiger partial charge in [-0.2, -0.15) is 18.4 Å². The van der Waals surface area contributed by atoms with Crippen LogP contribution in [-0.4, -0.2) is 0 Å². The van der Waals surface area contributed by atoms with E-state index in [-0.39, 0.29) is 18.4 Å². The van der Waals surface area contributed by atoms with Crippen molar-refractivity contribution in [2.45, 2.75) is 19.0 Å². The zero-order chi connectivity index (χ0) is 11.5. The van der Waals surface area contributed by atoms with Crippen molar-refractivity contribution in [1.29, 1.82) is 5.26 Å². The van der Waals surface area contributed by atoms with Gasteiger partial charge in [-0.05, 0) is 30.2 Å². The molecule has 15 heavy (non-hydrogen) atoms. The van der Waals surface area contributed by atoms with E-state index in [0.29, 0.717) is 6.07 Å². The van der Waals surface area contributed by atoms with Gasteiger partial charge in [0, 0.05) is 6.42 Å². The van der Waals surface area contributed by atoms with E-state index in [1.165, 1.54) is 0 Å². The number of nitriles is 1. The van der Waals surface area contributed by atoms with Gasteiger partial charge in [-0.1, -0.05) is 0 Å². The molecule has 80 valence electrons. The standard InChI is InChI=1S/C10H7F4N/c11-9-5-7(2-1-3-15)4-8(6-9)10(12,13)14/h4-6H,1-2H2. The van der Waals surface area contributed by atoms with E-state index in [1.54, 1.807) is 6.07 Å². The number of rotatable bonds is 2. The summed E-state index contributed by atoms with van der Waals surface area (Å²) in [4.78, 5) is 0. The van der Waals surface area contributed by atoms with E-state index >= 15 is 0 Å². The van der Waals surface area contributed by atoms with Crippen LogP contribution in [0.4, 0.5) is 17.6 Å². The third kappa shape index (κ3) is 3.24. The Morgan fingerprint density at radius 1 is 1.20 bits per heavy atom. The van der Waals surface area contributed by atoms with Gasteiger partial charge in [0.25, 0.3) is 0 Å².